The zero-order valence-electron chi connectivity index (χ0n) is 13.3. The number of halogens is 1. The number of amides is 1. The summed E-state index contributed by atoms with van der Waals surface area (Å²) in [7, 11) is 3.08. The lowest BCUT2D eigenvalue weighted by molar-refractivity contribution is 0.102. The van der Waals surface area contributed by atoms with Crippen molar-refractivity contribution in [2.75, 3.05) is 19.5 Å². The fourth-order valence-electron chi connectivity index (χ4n) is 2.31. The van der Waals surface area contributed by atoms with E-state index < -0.39 is 0 Å². The summed E-state index contributed by atoms with van der Waals surface area (Å²) >= 11 is 4.83. The zero-order valence-corrected chi connectivity index (χ0v) is 15.7. The molecule has 0 aliphatic carbocycles. The maximum absolute atomic E-state index is 12.6. The van der Waals surface area contributed by atoms with Crippen LogP contribution in [-0.4, -0.2) is 25.1 Å². The number of benzene rings is 2. The van der Waals surface area contributed by atoms with Gasteiger partial charge in [-0.3, -0.25) is 10.1 Å². The molecule has 7 heteroatoms. The van der Waals surface area contributed by atoms with Crippen molar-refractivity contribution in [3.05, 3.63) is 45.9 Å². The molecule has 1 N–H and O–H groups in total. The summed E-state index contributed by atoms with van der Waals surface area (Å²) in [6.07, 6.45) is 0. The van der Waals surface area contributed by atoms with E-state index in [1.165, 1.54) is 25.6 Å². The number of ether oxygens (including phenoxy) is 2. The number of aromatic nitrogens is 1. The van der Waals surface area contributed by atoms with Gasteiger partial charge in [-0.25, -0.2) is 4.98 Å². The van der Waals surface area contributed by atoms with E-state index in [0.29, 0.717) is 26.7 Å². The number of fused-ring (bicyclic) bond motifs is 1. The third-order valence-corrected chi connectivity index (χ3v) is 5.27. The average Bonchev–Trinajstić information content (AvgIpc) is 2.99. The van der Waals surface area contributed by atoms with Crippen LogP contribution in [0.3, 0.4) is 0 Å². The number of hydrogen-bond acceptors (Lipinski definition) is 5. The smallest absolute Gasteiger partial charge is 0.257 e. The molecule has 2 aromatic carbocycles. The minimum atomic E-state index is -0.268. The summed E-state index contributed by atoms with van der Waals surface area (Å²) in [6, 6.07) is 9.27. The van der Waals surface area contributed by atoms with Crippen LogP contribution in [0, 0.1) is 6.92 Å². The molecule has 1 aromatic heterocycles. The molecule has 5 nitrogen and oxygen atoms in total. The van der Waals surface area contributed by atoms with Crippen molar-refractivity contribution in [1.29, 1.82) is 0 Å². The molecule has 0 fully saturated rings. The molecule has 24 heavy (non-hydrogen) atoms. The van der Waals surface area contributed by atoms with Crippen molar-refractivity contribution < 1.29 is 14.3 Å². The van der Waals surface area contributed by atoms with Crippen LogP contribution < -0.4 is 14.8 Å². The van der Waals surface area contributed by atoms with Crippen LogP contribution in [0.2, 0.25) is 0 Å². The van der Waals surface area contributed by atoms with Crippen molar-refractivity contribution in [3.8, 4) is 11.5 Å². The zero-order chi connectivity index (χ0) is 17.3. The lowest BCUT2D eigenvalue weighted by Gasteiger charge is -2.11. The number of carbonyl (C=O) groups is 1. The molecule has 3 rings (SSSR count). The van der Waals surface area contributed by atoms with Gasteiger partial charge in [-0.05, 0) is 46.6 Å². The third-order valence-electron chi connectivity index (χ3n) is 3.55. The van der Waals surface area contributed by atoms with Gasteiger partial charge in [-0.1, -0.05) is 23.5 Å². The number of nitrogens with one attached hydrogen (secondary N) is 1. The summed E-state index contributed by atoms with van der Waals surface area (Å²) in [5.74, 6) is 0.787. The minimum absolute atomic E-state index is 0.268. The molecule has 0 saturated heterocycles. The maximum atomic E-state index is 12.6. The molecule has 0 aliphatic rings. The molecule has 0 saturated carbocycles. The molecule has 0 radical (unpaired) electrons. The monoisotopic (exact) mass is 406 g/mol. The first-order chi connectivity index (χ1) is 11.5. The van der Waals surface area contributed by atoms with Gasteiger partial charge in [-0.15, -0.1) is 0 Å². The minimum Gasteiger partial charge on any atom is -0.495 e. The average molecular weight is 407 g/mol. The summed E-state index contributed by atoms with van der Waals surface area (Å²) in [5.41, 5.74) is 2.42. The number of nitrogens with zero attached hydrogens (tertiary/aromatic N) is 1. The van der Waals surface area contributed by atoms with E-state index in [0.717, 1.165) is 15.8 Å². The Kier molecular flexibility index (Phi) is 4.73. The van der Waals surface area contributed by atoms with Crippen LogP contribution in [0.1, 0.15) is 15.9 Å². The van der Waals surface area contributed by atoms with E-state index in [1.54, 1.807) is 12.1 Å². The van der Waals surface area contributed by atoms with E-state index in [-0.39, 0.29) is 5.91 Å². The summed E-state index contributed by atoms with van der Waals surface area (Å²) in [6.45, 7) is 2.00. The van der Waals surface area contributed by atoms with Gasteiger partial charge in [-0.2, -0.15) is 0 Å². The Bertz CT molecular complexity index is 898. The summed E-state index contributed by atoms with van der Waals surface area (Å²) in [5, 5.41) is 3.40. The second-order valence-electron chi connectivity index (χ2n) is 5.09. The maximum Gasteiger partial charge on any atom is 0.257 e. The highest BCUT2D eigenvalue weighted by molar-refractivity contribution is 9.10. The molecule has 0 atom stereocenters. The number of thiazole rings is 1. The van der Waals surface area contributed by atoms with Crippen molar-refractivity contribution in [2.45, 2.75) is 6.92 Å². The van der Waals surface area contributed by atoms with Gasteiger partial charge in [0.05, 0.1) is 24.4 Å². The van der Waals surface area contributed by atoms with Gasteiger partial charge in [0.25, 0.3) is 5.91 Å². The van der Waals surface area contributed by atoms with Crippen LogP contribution in [0.4, 0.5) is 5.13 Å². The number of methoxy groups -OCH3 is 2. The molecule has 0 unspecified atom stereocenters. The Hall–Kier alpha value is -2.12. The SMILES string of the molecule is COc1cc(C(=O)Nc2nc3c(C)cccc3s2)cc(OC)c1Br. The van der Waals surface area contributed by atoms with Crippen molar-refractivity contribution in [2.24, 2.45) is 0 Å². The van der Waals surface area contributed by atoms with Crippen molar-refractivity contribution >= 4 is 48.5 Å². The largest absolute Gasteiger partial charge is 0.495 e. The number of aryl methyl sites for hydroxylation is 1. The number of rotatable bonds is 4. The van der Waals surface area contributed by atoms with Gasteiger partial charge >= 0.3 is 0 Å². The highest BCUT2D eigenvalue weighted by atomic mass is 79.9. The Morgan fingerprint density at radius 3 is 2.46 bits per heavy atom. The first-order valence-corrected chi connectivity index (χ1v) is 8.73. The predicted molar refractivity (Wildman–Crippen MR) is 99.6 cm³/mol. The van der Waals surface area contributed by atoms with E-state index in [1.807, 2.05) is 25.1 Å². The van der Waals surface area contributed by atoms with Gasteiger partial charge in [0, 0.05) is 5.56 Å². The fourth-order valence-corrected chi connectivity index (χ4v) is 3.80. The van der Waals surface area contributed by atoms with Crippen molar-refractivity contribution in [3.63, 3.8) is 0 Å². The molecule has 0 aliphatic heterocycles. The fraction of sp³-hybridized carbons (Fsp3) is 0.176. The van der Waals surface area contributed by atoms with Gasteiger partial charge < -0.3 is 9.47 Å². The Balaban J connectivity index is 1.92. The third kappa shape index (κ3) is 3.09. The molecule has 1 heterocycles. The summed E-state index contributed by atoms with van der Waals surface area (Å²) < 4.78 is 12.2. The number of hydrogen-bond donors (Lipinski definition) is 1. The van der Waals surface area contributed by atoms with Gasteiger partial charge in [0.2, 0.25) is 0 Å². The second kappa shape index (κ2) is 6.78. The lowest BCUT2D eigenvalue weighted by Crippen LogP contribution is -2.12. The Labute approximate surface area is 151 Å². The number of para-hydroxylation sites is 1. The number of anilines is 1. The van der Waals surface area contributed by atoms with Crippen LogP contribution in [0.15, 0.2) is 34.8 Å². The molecule has 1 amide bonds. The second-order valence-corrected chi connectivity index (χ2v) is 6.91. The highest BCUT2D eigenvalue weighted by Gasteiger charge is 2.16. The van der Waals surface area contributed by atoms with E-state index in [9.17, 15) is 4.79 Å². The molecular weight excluding hydrogens is 392 g/mol. The molecule has 0 bridgehead atoms. The van der Waals surface area contributed by atoms with Gasteiger partial charge in [0.1, 0.15) is 16.0 Å². The summed E-state index contributed by atoms with van der Waals surface area (Å²) in [4.78, 5) is 17.0. The Morgan fingerprint density at radius 1 is 1.21 bits per heavy atom. The first kappa shape index (κ1) is 16.7. The standard InChI is InChI=1S/C17H15BrN2O3S/c1-9-5-4-6-13-15(9)19-17(24-13)20-16(21)10-7-11(22-2)14(18)12(8-10)23-3/h4-8H,1-3H3,(H,19,20,21). The van der Waals surface area contributed by atoms with E-state index in [2.05, 4.69) is 26.2 Å². The predicted octanol–water partition coefficient (Wildman–Crippen LogP) is 4.64. The van der Waals surface area contributed by atoms with Gasteiger partial charge in [0.15, 0.2) is 5.13 Å². The molecule has 0 spiro atoms. The van der Waals surface area contributed by atoms with Crippen LogP contribution in [0.5, 0.6) is 11.5 Å². The first-order valence-electron chi connectivity index (χ1n) is 7.12. The van der Waals surface area contributed by atoms with E-state index >= 15 is 0 Å². The topological polar surface area (TPSA) is 60.5 Å². The molecule has 124 valence electrons. The molecular formula is C17H15BrN2O3S. The number of carbonyl (C=O) groups excluding carboxylic acids is 1. The Morgan fingerprint density at radius 2 is 1.88 bits per heavy atom. The van der Waals surface area contributed by atoms with E-state index in [4.69, 9.17) is 9.47 Å². The lowest BCUT2D eigenvalue weighted by atomic mass is 10.2. The quantitative estimate of drug-likeness (QED) is 0.685. The van der Waals surface area contributed by atoms with Crippen LogP contribution in [-0.2, 0) is 0 Å². The highest BCUT2D eigenvalue weighted by Crippen LogP contribution is 2.36. The normalized spacial score (nSPS) is 10.7. The van der Waals surface area contributed by atoms with Crippen LogP contribution >= 0.6 is 27.3 Å². The van der Waals surface area contributed by atoms with Crippen LogP contribution in [0.25, 0.3) is 10.2 Å². The van der Waals surface area contributed by atoms with Crippen molar-refractivity contribution in [1.82, 2.24) is 4.98 Å². The molecule has 3 aromatic rings.